The monoisotopic (exact) mass is 412 g/mol. The van der Waals surface area contributed by atoms with Crippen LogP contribution in [0.2, 0.25) is 0 Å². The first kappa shape index (κ1) is 19.3. The van der Waals surface area contributed by atoms with Gasteiger partial charge < -0.3 is 14.6 Å². The first-order valence-electron chi connectivity index (χ1n) is 10.3. The summed E-state index contributed by atoms with van der Waals surface area (Å²) in [7, 11) is 2.10. The Morgan fingerprint density at radius 1 is 1.00 bits per heavy atom. The van der Waals surface area contributed by atoms with E-state index in [0.717, 1.165) is 41.4 Å². The van der Waals surface area contributed by atoms with Crippen molar-refractivity contribution in [1.29, 1.82) is 0 Å². The predicted octanol–water partition coefficient (Wildman–Crippen LogP) is 4.28. The van der Waals surface area contributed by atoms with Gasteiger partial charge in [0.2, 0.25) is 5.88 Å². The number of fused-ring (bicyclic) bond motifs is 1. The average molecular weight is 412 g/mol. The molecule has 1 aliphatic heterocycles. The SMILES string of the molecule is Cc1cn(-c2ccc(Nc3ccc4c(n3)O[C@H](c3ccccc3)CN(C)C4)nc2)cn1. The molecule has 0 bridgehead atoms. The lowest BCUT2D eigenvalue weighted by Crippen LogP contribution is -2.24. The molecule has 0 radical (unpaired) electrons. The van der Waals surface area contributed by atoms with Crippen LogP contribution in [0, 0.1) is 6.92 Å². The molecule has 1 atom stereocenters. The maximum Gasteiger partial charge on any atom is 0.220 e. The van der Waals surface area contributed by atoms with Crippen molar-refractivity contribution in [2.75, 3.05) is 18.9 Å². The summed E-state index contributed by atoms with van der Waals surface area (Å²) in [4.78, 5) is 15.8. The third kappa shape index (κ3) is 4.27. The zero-order valence-corrected chi connectivity index (χ0v) is 17.6. The van der Waals surface area contributed by atoms with Crippen molar-refractivity contribution in [3.05, 3.63) is 90.1 Å². The van der Waals surface area contributed by atoms with Gasteiger partial charge in [0.15, 0.2) is 0 Å². The van der Waals surface area contributed by atoms with Crippen LogP contribution < -0.4 is 10.1 Å². The average Bonchev–Trinajstić information content (AvgIpc) is 3.14. The molecule has 3 aromatic heterocycles. The molecule has 0 unspecified atom stereocenters. The van der Waals surface area contributed by atoms with Crippen molar-refractivity contribution >= 4 is 11.6 Å². The van der Waals surface area contributed by atoms with Gasteiger partial charge in [0.1, 0.15) is 17.7 Å². The molecule has 0 fully saturated rings. The number of nitrogens with zero attached hydrogens (tertiary/aromatic N) is 5. The molecular formula is C24H24N6O. The number of pyridine rings is 2. The Bertz CT molecular complexity index is 1170. The van der Waals surface area contributed by atoms with E-state index in [2.05, 4.69) is 45.4 Å². The number of benzene rings is 1. The van der Waals surface area contributed by atoms with Gasteiger partial charge in [-0.2, -0.15) is 4.98 Å². The van der Waals surface area contributed by atoms with Gasteiger partial charge in [-0.05, 0) is 43.8 Å². The van der Waals surface area contributed by atoms with E-state index < -0.39 is 0 Å². The number of hydrogen-bond acceptors (Lipinski definition) is 6. The molecule has 0 amide bonds. The van der Waals surface area contributed by atoms with Crippen LogP contribution in [-0.4, -0.2) is 38.0 Å². The number of aromatic nitrogens is 4. The van der Waals surface area contributed by atoms with Gasteiger partial charge in [-0.1, -0.05) is 30.3 Å². The number of likely N-dealkylation sites (N-methyl/N-ethyl adjacent to an activating group) is 1. The third-order valence-corrected chi connectivity index (χ3v) is 5.30. The fourth-order valence-electron chi connectivity index (χ4n) is 3.72. The van der Waals surface area contributed by atoms with Crippen molar-refractivity contribution < 1.29 is 4.74 Å². The second-order valence-electron chi connectivity index (χ2n) is 7.82. The van der Waals surface area contributed by atoms with Gasteiger partial charge in [0.05, 0.1) is 23.9 Å². The number of hydrogen-bond donors (Lipinski definition) is 1. The summed E-state index contributed by atoms with van der Waals surface area (Å²) in [5, 5.41) is 3.28. The Kier molecular flexibility index (Phi) is 5.09. The van der Waals surface area contributed by atoms with Gasteiger partial charge in [-0.15, -0.1) is 0 Å². The standard InChI is InChI=1S/C24H24N6O/c1-17-13-30(16-26-17)20-9-11-22(25-12-20)27-23-10-8-19-14-29(2)15-21(31-24(19)28-23)18-6-4-3-5-7-18/h3-13,16,21H,14-15H2,1-2H3,(H,25,27,28)/t21-/m0/s1. The van der Waals surface area contributed by atoms with Crippen LogP contribution in [0.5, 0.6) is 5.88 Å². The summed E-state index contributed by atoms with van der Waals surface area (Å²) in [5.74, 6) is 2.08. The van der Waals surface area contributed by atoms with Gasteiger partial charge >= 0.3 is 0 Å². The second-order valence-corrected chi connectivity index (χ2v) is 7.82. The molecule has 1 aliphatic rings. The summed E-state index contributed by atoms with van der Waals surface area (Å²) in [5.41, 5.74) is 4.15. The van der Waals surface area contributed by atoms with E-state index in [0.29, 0.717) is 11.7 Å². The highest BCUT2D eigenvalue weighted by atomic mass is 16.5. The van der Waals surface area contributed by atoms with E-state index in [1.54, 1.807) is 6.33 Å². The van der Waals surface area contributed by atoms with E-state index >= 15 is 0 Å². The summed E-state index contributed by atoms with van der Waals surface area (Å²) < 4.78 is 8.29. The highest BCUT2D eigenvalue weighted by molar-refractivity contribution is 5.54. The number of aryl methyl sites for hydroxylation is 1. The normalized spacial score (nSPS) is 16.3. The lowest BCUT2D eigenvalue weighted by molar-refractivity contribution is 0.160. The number of anilines is 2. The summed E-state index contributed by atoms with van der Waals surface area (Å²) in [6.07, 6.45) is 5.50. The molecule has 0 spiro atoms. The van der Waals surface area contributed by atoms with Crippen molar-refractivity contribution in [3.63, 3.8) is 0 Å². The highest BCUT2D eigenvalue weighted by Crippen LogP contribution is 2.30. The Morgan fingerprint density at radius 2 is 1.84 bits per heavy atom. The topological polar surface area (TPSA) is 68.1 Å². The Balaban J connectivity index is 1.36. The van der Waals surface area contributed by atoms with Gasteiger partial charge in [-0.3, -0.25) is 4.90 Å². The molecule has 4 aromatic rings. The van der Waals surface area contributed by atoms with Gasteiger partial charge in [0.25, 0.3) is 0 Å². The third-order valence-electron chi connectivity index (χ3n) is 5.30. The Morgan fingerprint density at radius 3 is 2.58 bits per heavy atom. The van der Waals surface area contributed by atoms with E-state index in [9.17, 15) is 0 Å². The van der Waals surface area contributed by atoms with Crippen LogP contribution in [0.4, 0.5) is 11.6 Å². The number of imidazole rings is 1. The molecule has 1 aromatic carbocycles. The minimum Gasteiger partial charge on any atom is -0.468 e. The van der Waals surface area contributed by atoms with Gasteiger partial charge in [-0.25, -0.2) is 9.97 Å². The molecule has 1 N–H and O–H groups in total. The van der Waals surface area contributed by atoms with Crippen LogP contribution in [0.3, 0.4) is 0 Å². The van der Waals surface area contributed by atoms with Gasteiger partial charge in [0, 0.05) is 24.8 Å². The largest absolute Gasteiger partial charge is 0.468 e. The molecule has 5 rings (SSSR count). The number of rotatable bonds is 4. The van der Waals surface area contributed by atoms with Crippen LogP contribution >= 0.6 is 0 Å². The van der Waals surface area contributed by atoms with Crippen molar-refractivity contribution in [3.8, 4) is 11.6 Å². The van der Waals surface area contributed by atoms with Crippen molar-refractivity contribution in [1.82, 2.24) is 24.4 Å². The second kappa shape index (κ2) is 8.20. The molecule has 156 valence electrons. The summed E-state index contributed by atoms with van der Waals surface area (Å²) >= 11 is 0. The minimum atomic E-state index is -0.0637. The smallest absolute Gasteiger partial charge is 0.220 e. The maximum atomic E-state index is 6.35. The molecule has 4 heterocycles. The fourth-order valence-corrected chi connectivity index (χ4v) is 3.72. The van der Waals surface area contributed by atoms with E-state index in [1.807, 2.05) is 60.3 Å². The van der Waals surface area contributed by atoms with E-state index in [1.165, 1.54) is 0 Å². The number of ether oxygens (including phenoxy) is 1. The number of nitrogens with one attached hydrogen (secondary N) is 1. The van der Waals surface area contributed by atoms with Crippen molar-refractivity contribution in [2.24, 2.45) is 0 Å². The van der Waals surface area contributed by atoms with Crippen LogP contribution in [0.1, 0.15) is 22.9 Å². The predicted molar refractivity (Wildman–Crippen MR) is 120 cm³/mol. The fraction of sp³-hybridized carbons (Fsp3) is 0.208. The molecule has 0 saturated heterocycles. The first-order chi connectivity index (χ1) is 15.1. The quantitative estimate of drug-likeness (QED) is 0.540. The summed E-state index contributed by atoms with van der Waals surface area (Å²) in [6.45, 7) is 3.56. The lowest BCUT2D eigenvalue weighted by Gasteiger charge is -2.20. The lowest BCUT2D eigenvalue weighted by atomic mass is 10.1. The zero-order chi connectivity index (χ0) is 21.2. The van der Waals surface area contributed by atoms with Crippen LogP contribution in [0.25, 0.3) is 5.69 Å². The van der Waals surface area contributed by atoms with Crippen LogP contribution in [-0.2, 0) is 6.54 Å². The minimum absolute atomic E-state index is 0.0637. The zero-order valence-electron chi connectivity index (χ0n) is 17.6. The molecule has 31 heavy (non-hydrogen) atoms. The first-order valence-corrected chi connectivity index (χ1v) is 10.3. The molecule has 7 heteroatoms. The van der Waals surface area contributed by atoms with Crippen LogP contribution in [0.15, 0.2) is 73.3 Å². The maximum absolute atomic E-state index is 6.35. The summed E-state index contributed by atoms with van der Waals surface area (Å²) in [6, 6.07) is 18.2. The van der Waals surface area contributed by atoms with Crippen molar-refractivity contribution in [2.45, 2.75) is 19.6 Å². The Labute approximate surface area is 181 Å². The highest BCUT2D eigenvalue weighted by Gasteiger charge is 2.23. The van der Waals surface area contributed by atoms with E-state index in [-0.39, 0.29) is 6.10 Å². The molecule has 0 saturated carbocycles. The molecule has 0 aliphatic carbocycles. The van der Waals surface area contributed by atoms with E-state index in [4.69, 9.17) is 9.72 Å². The molecular weight excluding hydrogens is 388 g/mol. The Hall–Kier alpha value is -3.71. The molecule has 7 nitrogen and oxygen atoms in total.